The van der Waals surface area contributed by atoms with Crippen LogP contribution in [0.4, 0.5) is 5.00 Å². The Labute approximate surface area is 189 Å². The SMILES string of the molecule is O=C(NCC1NCCc2c1sc(NC1CCCCO1)c2C(=O)O)c1cc2ccccc2[nH]1. The number of carbonyl (C=O) groups is 2. The van der Waals surface area contributed by atoms with Crippen LogP contribution in [0.25, 0.3) is 10.9 Å². The molecule has 2 aliphatic heterocycles. The number of ether oxygens (including phenoxy) is 1. The average Bonchev–Trinajstić information content (AvgIpc) is 3.39. The van der Waals surface area contributed by atoms with Gasteiger partial charge in [0.05, 0.1) is 11.6 Å². The van der Waals surface area contributed by atoms with Gasteiger partial charge in [0.1, 0.15) is 16.9 Å². The van der Waals surface area contributed by atoms with E-state index in [1.165, 1.54) is 11.3 Å². The predicted molar refractivity (Wildman–Crippen MR) is 124 cm³/mol. The molecular formula is C23H26N4O4S. The van der Waals surface area contributed by atoms with Gasteiger partial charge in [-0.2, -0.15) is 0 Å². The molecular weight excluding hydrogens is 428 g/mol. The van der Waals surface area contributed by atoms with Gasteiger partial charge in [-0.25, -0.2) is 4.79 Å². The Morgan fingerprint density at radius 1 is 1.25 bits per heavy atom. The topological polar surface area (TPSA) is 115 Å². The Hall–Kier alpha value is -2.88. The van der Waals surface area contributed by atoms with Crippen LogP contribution in [0, 0.1) is 0 Å². The van der Waals surface area contributed by atoms with Gasteiger partial charge in [0.15, 0.2) is 0 Å². The lowest BCUT2D eigenvalue weighted by Crippen LogP contribution is -2.38. The summed E-state index contributed by atoms with van der Waals surface area (Å²) in [5, 5.41) is 21.3. The first-order chi connectivity index (χ1) is 15.6. The molecule has 2 atom stereocenters. The van der Waals surface area contributed by atoms with Crippen molar-refractivity contribution in [3.63, 3.8) is 0 Å². The fraction of sp³-hybridized carbons (Fsp3) is 0.391. The van der Waals surface area contributed by atoms with E-state index in [4.69, 9.17) is 4.74 Å². The number of carboxylic acid groups (broad SMARTS) is 1. The molecule has 9 heteroatoms. The largest absolute Gasteiger partial charge is 0.478 e. The summed E-state index contributed by atoms with van der Waals surface area (Å²) in [6.07, 6.45) is 3.45. The van der Waals surface area contributed by atoms with Gasteiger partial charge in [0, 0.05) is 28.9 Å². The number of aromatic carboxylic acids is 1. The number of aromatic amines is 1. The summed E-state index contributed by atoms with van der Waals surface area (Å²) in [6.45, 7) is 1.73. The summed E-state index contributed by atoms with van der Waals surface area (Å²) in [4.78, 5) is 28.9. The van der Waals surface area contributed by atoms with E-state index in [2.05, 4.69) is 20.9 Å². The number of hydrogen-bond donors (Lipinski definition) is 5. The van der Waals surface area contributed by atoms with Gasteiger partial charge in [0.25, 0.3) is 5.91 Å². The fourth-order valence-corrected chi connectivity index (χ4v) is 5.81. The van der Waals surface area contributed by atoms with Crippen LogP contribution in [0.3, 0.4) is 0 Å². The second-order valence-electron chi connectivity index (χ2n) is 8.19. The normalized spacial score (nSPS) is 20.6. The maximum Gasteiger partial charge on any atom is 0.338 e. The highest BCUT2D eigenvalue weighted by molar-refractivity contribution is 7.16. The smallest absolute Gasteiger partial charge is 0.338 e. The van der Waals surface area contributed by atoms with Crippen molar-refractivity contribution in [1.29, 1.82) is 0 Å². The standard InChI is InChI=1S/C23H26N4O4S/c28-21(16-11-13-5-1-2-6-15(13)26-16)25-12-17-20-14(8-9-24-17)19(23(29)30)22(32-20)27-18-7-3-4-10-31-18/h1-2,5-6,11,17-18,24,26-27H,3-4,7-10,12H2,(H,25,28)(H,29,30). The summed E-state index contributed by atoms with van der Waals surface area (Å²) in [5.41, 5.74) is 2.62. The highest BCUT2D eigenvalue weighted by Crippen LogP contribution is 2.40. The van der Waals surface area contributed by atoms with Crippen LogP contribution in [-0.2, 0) is 11.2 Å². The number of thiophene rings is 1. The number of amides is 1. The first kappa shape index (κ1) is 21.0. The zero-order chi connectivity index (χ0) is 22.1. The molecule has 2 aromatic heterocycles. The van der Waals surface area contributed by atoms with Crippen LogP contribution in [0.5, 0.6) is 0 Å². The van der Waals surface area contributed by atoms with Crippen molar-refractivity contribution in [2.24, 2.45) is 0 Å². The number of aromatic nitrogens is 1. The highest BCUT2D eigenvalue weighted by atomic mass is 32.1. The van der Waals surface area contributed by atoms with Gasteiger partial charge in [-0.1, -0.05) is 18.2 Å². The highest BCUT2D eigenvalue weighted by Gasteiger charge is 2.31. The van der Waals surface area contributed by atoms with Gasteiger partial charge in [-0.15, -0.1) is 11.3 Å². The molecule has 2 aliphatic rings. The molecule has 1 aromatic carbocycles. The van der Waals surface area contributed by atoms with Crippen molar-refractivity contribution >= 4 is 39.1 Å². The van der Waals surface area contributed by atoms with Gasteiger partial charge in [-0.05, 0) is 49.9 Å². The van der Waals surface area contributed by atoms with Crippen molar-refractivity contribution in [2.75, 3.05) is 25.0 Å². The Morgan fingerprint density at radius 2 is 2.12 bits per heavy atom. The van der Waals surface area contributed by atoms with E-state index in [0.717, 1.165) is 40.6 Å². The van der Waals surface area contributed by atoms with Gasteiger partial charge in [0.2, 0.25) is 0 Å². The van der Waals surface area contributed by atoms with E-state index in [1.807, 2.05) is 30.3 Å². The lowest BCUT2D eigenvalue weighted by atomic mass is 9.99. The molecule has 32 heavy (non-hydrogen) atoms. The predicted octanol–water partition coefficient (Wildman–Crippen LogP) is 3.48. The van der Waals surface area contributed by atoms with Crippen molar-refractivity contribution in [3.05, 3.63) is 52.0 Å². The monoisotopic (exact) mass is 454 g/mol. The quantitative estimate of drug-likeness (QED) is 0.390. The van der Waals surface area contributed by atoms with Crippen LogP contribution in [0.1, 0.15) is 56.6 Å². The number of anilines is 1. The van der Waals surface area contributed by atoms with Crippen molar-refractivity contribution in [2.45, 2.75) is 38.0 Å². The zero-order valence-corrected chi connectivity index (χ0v) is 18.4. The first-order valence-electron chi connectivity index (χ1n) is 11.0. The lowest BCUT2D eigenvalue weighted by Gasteiger charge is -2.24. The van der Waals surface area contributed by atoms with Crippen LogP contribution >= 0.6 is 11.3 Å². The number of hydrogen-bond acceptors (Lipinski definition) is 6. The van der Waals surface area contributed by atoms with Gasteiger partial charge >= 0.3 is 5.97 Å². The molecule has 4 heterocycles. The summed E-state index contributed by atoms with van der Waals surface area (Å²) in [5.74, 6) is -1.11. The number of fused-ring (bicyclic) bond motifs is 2. The Kier molecular flexibility index (Phi) is 5.86. The Bertz CT molecular complexity index is 1120. The number of rotatable bonds is 6. The summed E-state index contributed by atoms with van der Waals surface area (Å²) in [6, 6.07) is 9.45. The van der Waals surface area contributed by atoms with E-state index in [9.17, 15) is 14.7 Å². The van der Waals surface area contributed by atoms with Crippen molar-refractivity contribution in [3.8, 4) is 0 Å². The molecule has 0 spiro atoms. The maximum atomic E-state index is 12.7. The zero-order valence-electron chi connectivity index (χ0n) is 17.6. The number of carboxylic acids is 1. The Morgan fingerprint density at radius 3 is 2.91 bits per heavy atom. The second-order valence-corrected chi connectivity index (χ2v) is 9.24. The van der Waals surface area contributed by atoms with Gasteiger partial charge in [-0.3, -0.25) is 4.79 Å². The van der Waals surface area contributed by atoms with Crippen LogP contribution in [0.2, 0.25) is 0 Å². The van der Waals surface area contributed by atoms with Crippen LogP contribution in [0.15, 0.2) is 30.3 Å². The molecule has 168 valence electrons. The molecule has 1 saturated heterocycles. The molecule has 0 bridgehead atoms. The molecule has 3 aromatic rings. The third-order valence-corrected chi connectivity index (χ3v) is 7.32. The Balaban J connectivity index is 1.33. The second kappa shape index (κ2) is 8.93. The molecule has 0 radical (unpaired) electrons. The molecule has 0 saturated carbocycles. The lowest BCUT2D eigenvalue weighted by molar-refractivity contribution is 0.0344. The molecule has 5 rings (SSSR count). The maximum absolute atomic E-state index is 12.7. The molecule has 5 N–H and O–H groups in total. The van der Waals surface area contributed by atoms with E-state index in [0.29, 0.717) is 42.4 Å². The van der Waals surface area contributed by atoms with E-state index in [1.54, 1.807) is 0 Å². The fourth-order valence-electron chi connectivity index (χ4n) is 4.46. The van der Waals surface area contributed by atoms with E-state index >= 15 is 0 Å². The minimum atomic E-state index is -0.927. The third-order valence-electron chi connectivity index (χ3n) is 6.05. The summed E-state index contributed by atoms with van der Waals surface area (Å²) in [7, 11) is 0. The molecule has 1 amide bonds. The number of H-pyrrole nitrogens is 1. The average molecular weight is 455 g/mol. The number of benzene rings is 1. The van der Waals surface area contributed by atoms with Crippen molar-refractivity contribution in [1.82, 2.24) is 15.6 Å². The minimum Gasteiger partial charge on any atom is -0.478 e. The van der Waals surface area contributed by atoms with Crippen LogP contribution < -0.4 is 16.0 Å². The number of para-hydroxylation sites is 1. The number of nitrogens with one attached hydrogen (secondary N) is 4. The third kappa shape index (κ3) is 4.11. The first-order valence-corrected chi connectivity index (χ1v) is 11.8. The van der Waals surface area contributed by atoms with E-state index < -0.39 is 5.97 Å². The molecule has 1 fully saturated rings. The van der Waals surface area contributed by atoms with Crippen molar-refractivity contribution < 1.29 is 19.4 Å². The summed E-state index contributed by atoms with van der Waals surface area (Å²) < 4.78 is 5.75. The van der Waals surface area contributed by atoms with E-state index in [-0.39, 0.29) is 18.2 Å². The van der Waals surface area contributed by atoms with Crippen LogP contribution in [-0.4, -0.2) is 47.9 Å². The van der Waals surface area contributed by atoms with Gasteiger partial charge < -0.3 is 30.8 Å². The molecule has 0 aliphatic carbocycles. The summed E-state index contributed by atoms with van der Waals surface area (Å²) >= 11 is 1.45. The minimum absolute atomic E-state index is 0.141. The molecule has 2 unspecified atom stereocenters. The molecule has 8 nitrogen and oxygen atoms in total. The number of carbonyl (C=O) groups excluding carboxylic acids is 1.